The van der Waals surface area contributed by atoms with Gasteiger partial charge >= 0.3 is 11.3 Å². The highest BCUT2D eigenvalue weighted by atomic mass is 16.4. The molecule has 0 unspecified atom stereocenters. The fourth-order valence-electron chi connectivity index (χ4n) is 3.07. The molecule has 0 atom stereocenters. The molecule has 0 fully saturated rings. The molecule has 3 N–H and O–H groups in total. The van der Waals surface area contributed by atoms with Crippen molar-refractivity contribution < 1.29 is 24.2 Å². The average molecular weight is 370 g/mol. The predicted molar refractivity (Wildman–Crippen MR) is 96.4 cm³/mol. The highest BCUT2D eigenvalue weighted by Gasteiger charge is 2.29. The van der Waals surface area contributed by atoms with Crippen molar-refractivity contribution in [2.75, 3.05) is 0 Å². The Morgan fingerprint density at radius 1 is 0.815 bits per heavy atom. The average Bonchev–Trinajstić information content (AvgIpc) is 2.54. The normalized spacial score (nSPS) is 11.1. The minimum absolute atomic E-state index is 0.0608. The summed E-state index contributed by atoms with van der Waals surface area (Å²) < 4.78 is 10.2. The second kappa shape index (κ2) is 7.03. The van der Waals surface area contributed by atoms with Crippen LogP contribution < -0.4 is 11.3 Å². The molecule has 0 saturated carbocycles. The number of hydrogen-bond donors (Lipinski definition) is 3. The second-order valence-electron chi connectivity index (χ2n) is 6.31. The topological polar surface area (TPSA) is 121 Å². The van der Waals surface area contributed by atoms with Gasteiger partial charge in [-0.25, -0.2) is 9.59 Å². The molecule has 3 aromatic rings. The Hall–Kier alpha value is -3.48. The van der Waals surface area contributed by atoms with E-state index < -0.39 is 17.2 Å². The molecule has 7 heteroatoms. The predicted octanol–water partition coefficient (Wildman–Crippen LogP) is 2.70. The van der Waals surface area contributed by atoms with Crippen LogP contribution in [0, 0.1) is 13.8 Å². The van der Waals surface area contributed by atoms with Crippen LogP contribution in [0.25, 0.3) is 0 Å². The summed E-state index contributed by atoms with van der Waals surface area (Å²) in [5.74, 6) is -1.21. The van der Waals surface area contributed by atoms with Gasteiger partial charge in [0, 0.05) is 18.1 Å². The third-order valence-corrected chi connectivity index (χ3v) is 4.25. The minimum Gasteiger partial charge on any atom is -0.508 e. The molecule has 7 nitrogen and oxygen atoms in total. The fraction of sp³-hybridized carbons (Fsp3) is 0.200. The van der Waals surface area contributed by atoms with E-state index in [1.807, 2.05) is 0 Å². The van der Waals surface area contributed by atoms with Crippen LogP contribution in [0.4, 0.5) is 0 Å². The number of benzene rings is 1. The van der Waals surface area contributed by atoms with Gasteiger partial charge < -0.3 is 24.2 Å². The first-order valence-electron chi connectivity index (χ1n) is 8.21. The van der Waals surface area contributed by atoms with E-state index >= 15 is 0 Å². The minimum atomic E-state index is -1.01. The molecule has 3 rings (SSSR count). The quantitative estimate of drug-likeness (QED) is 0.645. The van der Waals surface area contributed by atoms with Crippen molar-refractivity contribution in [1.82, 2.24) is 0 Å². The Morgan fingerprint density at radius 2 is 1.26 bits per heavy atom. The van der Waals surface area contributed by atoms with E-state index in [1.165, 1.54) is 38.1 Å². The smallest absolute Gasteiger partial charge is 0.343 e. The Balaban J connectivity index is 2.23. The molecular formula is C20H18O7. The van der Waals surface area contributed by atoms with Gasteiger partial charge in [0.05, 0.1) is 11.1 Å². The zero-order chi connectivity index (χ0) is 19.7. The summed E-state index contributed by atoms with van der Waals surface area (Å²) in [4.78, 5) is 24.9. The van der Waals surface area contributed by atoms with E-state index in [4.69, 9.17) is 8.83 Å². The van der Waals surface area contributed by atoms with E-state index in [1.54, 1.807) is 12.1 Å². The Morgan fingerprint density at radius 3 is 1.67 bits per heavy atom. The third-order valence-electron chi connectivity index (χ3n) is 4.25. The Labute approximate surface area is 153 Å². The van der Waals surface area contributed by atoms with Crippen LogP contribution in [0.15, 0.2) is 54.8 Å². The number of phenolic OH excluding ortho intramolecular Hbond substituents is 1. The molecule has 1 aromatic carbocycles. The molecule has 0 radical (unpaired) electrons. The van der Waals surface area contributed by atoms with Crippen LogP contribution in [0.2, 0.25) is 0 Å². The maximum absolute atomic E-state index is 12.4. The Kier molecular flexibility index (Phi) is 4.77. The fourth-order valence-corrected chi connectivity index (χ4v) is 3.07. The molecule has 0 aliphatic heterocycles. The van der Waals surface area contributed by atoms with Gasteiger partial charge in [-0.2, -0.15) is 0 Å². The maximum Gasteiger partial charge on any atom is 0.343 e. The van der Waals surface area contributed by atoms with Crippen molar-refractivity contribution >= 4 is 0 Å². The van der Waals surface area contributed by atoms with Crippen LogP contribution in [0.5, 0.6) is 17.2 Å². The molecule has 0 bridgehead atoms. The monoisotopic (exact) mass is 370 g/mol. The molecule has 2 heterocycles. The summed E-state index contributed by atoms with van der Waals surface area (Å²) in [5, 5.41) is 30.1. The SMILES string of the molecule is Cc1cc(O)c(C(Cc2ccc(O)cc2)c2c(O)cc(C)oc2=O)c(=O)o1. The first-order chi connectivity index (χ1) is 12.8. The molecule has 0 aliphatic carbocycles. The van der Waals surface area contributed by atoms with Crippen molar-refractivity contribution in [3.8, 4) is 17.2 Å². The van der Waals surface area contributed by atoms with Crippen molar-refractivity contribution in [3.05, 3.63) is 85.4 Å². The van der Waals surface area contributed by atoms with Gasteiger partial charge in [0.1, 0.15) is 28.8 Å². The molecule has 0 aliphatic rings. The van der Waals surface area contributed by atoms with Gasteiger partial charge in [-0.1, -0.05) is 12.1 Å². The van der Waals surface area contributed by atoms with Gasteiger partial charge in [-0.15, -0.1) is 0 Å². The van der Waals surface area contributed by atoms with Crippen molar-refractivity contribution in [2.24, 2.45) is 0 Å². The lowest BCUT2D eigenvalue weighted by Crippen LogP contribution is -2.22. The van der Waals surface area contributed by atoms with Crippen LogP contribution >= 0.6 is 0 Å². The van der Waals surface area contributed by atoms with Gasteiger partial charge in [-0.3, -0.25) is 0 Å². The lowest BCUT2D eigenvalue weighted by atomic mass is 9.86. The van der Waals surface area contributed by atoms with Crippen LogP contribution in [-0.2, 0) is 6.42 Å². The lowest BCUT2D eigenvalue weighted by molar-refractivity contribution is 0.400. The molecule has 0 saturated heterocycles. The van der Waals surface area contributed by atoms with E-state index in [0.717, 1.165) is 0 Å². The molecule has 2 aromatic heterocycles. The van der Waals surface area contributed by atoms with Crippen LogP contribution in [-0.4, -0.2) is 15.3 Å². The van der Waals surface area contributed by atoms with Crippen LogP contribution in [0.3, 0.4) is 0 Å². The molecule has 0 amide bonds. The summed E-state index contributed by atoms with van der Waals surface area (Å²) in [6.07, 6.45) is 0.0864. The summed E-state index contributed by atoms with van der Waals surface area (Å²) >= 11 is 0. The highest BCUT2D eigenvalue weighted by Crippen LogP contribution is 2.35. The molecule has 27 heavy (non-hydrogen) atoms. The van der Waals surface area contributed by atoms with Gasteiger partial charge in [0.15, 0.2) is 0 Å². The van der Waals surface area contributed by atoms with Crippen LogP contribution in [0.1, 0.15) is 34.1 Å². The standard InChI is InChI=1S/C20H18O7/c1-10-7-15(22)17(19(24)26-10)14(9-12-3-5-13(21)6-4-12)18-16(23)8-11(2)27-20(18)25/h3-8,14,21-23H,9H2,1-2H3. The largest absolute Gasteiger partial charge is 0.508 e. The number of phenols is 1. The highest BCUT2D eigenvalue weighted by molar-refractivity contribution is 5.45. The van der Waals surface area contributed by atoms with Crippen molar-refractivity contribution in [2.45, 2.75) is 26.2 Å². The molecular weight excluding hydrogens is 352 g/mol. The zero-order valence-electron chi connectivity index (χ0n) is 14.7. The Bertz CT molecular complexity index is 1030. The lowest BCUT2D eigenvalue weighted by Gasteiger charge is -2.18. The number of aromatic hydroxyl groups is 3. The van der Waals surface area contributed by atoms with Gasteiger partial charge in [0.25, 0.3) is 0 Å². The molecule has 140 valence electrons. The summed E-state index contributed by atoms with van der Waals surface area (Å²) in [6, 6.07) is 8.69. The third kappa shape index (κ3) is 3.72. The van der Waals surface area contributed by atoms with E-state index in [-0.39, 0.29) is 46.3 Å². The molecule has 0 spiro atoms. The van der Waals surface area contributed by atoms with Gasteiger partial charge in [0.2, 0.25) is 0 Å². The van der Waals surface area contributed by atoms with E-state index in [0.29, 0.717) is 5.56 Å². The van der Waals surface area contributed by atoms with E-state index in [2.05, 4.69) is 0 Å². The first-order valence-corrected chi connectivity index (χ1v) is 8.21. The van der Waals surface area contributed by atoms with E-state index in [9.17, 15) is 24.9 Å². The summed E-state index contributed by atoms with van der Waals surface area (Å²) in [6.45, 7) is 3.02. The first kappa shape index (κ1) is 18.3. The summed E-state index contributed by atoms with van der Waals surface area (Å²) in [7, 11) is 0. The number of aryl methyl sites for hydroxylation is 2. The second-order valence-corrected chi connectivity index (χ2v) is 6.31. The summed E-state index contributed by atoms with van der Waals surface area (Å²) in [5.41, 5.74) is -1.26. The van der Waals surface area contributed by atoms with Crippen molar-refractivity contribution in [1.29, 1.82) is 0 Å². The van der Waals surface area contributed by atoms with Gasteiger partial charge in [-0.05, 0) is 38.0 Å². The number of rotatable bonds is 4. The zero-order valence-corrected chi connectivity index (χ0v) is 14.7. The van der Waals surface area contributed by atoms with Crippen molar-refractivity contribution in [3.63, 3.8) is 0 Å². The number of hydrogen-bond acceptors (Lipinski definition) is 7. The maximum atomic E-state index is 12.4.